The molecule has 2 aromatic rings. The fraction of sp³-hybridized carbons (Fsp3) is 0.350. The number of hydrogen-bond donors (Lipinski definition) is 1. The average molecular weight is 385 g/mol. The minimum Gasteiger partial charge on any atom is -0.454 e. The zero-order valence-electron chi connectivity index (χ0n) is 15.3. The number of carbonyl (C=O) groups excluding carboxylic acids is 2. The molecule has 1 unspecified atom stereocenters. The highest BCUT2D eigenvalue weighted by atomic mass is 32.2. The van der Waals surface area contributed by atoms with Crippen LogP contribution in [-0.4, -0.2) is 46.8 Å². The normalized spacial score (nSPS) is 16.6. The highest BCUT2D eigenvalue weighted by Crippen LogP contribution is 2.30. The maximum Gasteiger partial charge on any atom is 0.232 e. The fourth-order valence-corrected chi connectivity index (χ4v) is 3.49. The third-order valence-electron chi connectivity index (χ3n) is 4.42. The molecule has 0 radical (unpaired) electrons. The number of nitrogens with one attached hydrogen (secondary N) is 1. The van der Waals surface area contributed by atoms with Gasteiger partial charge in [-0.15, -0.1) is 0 Å². The van der Waals surface area contributed by atoms with Crippen molar-refractivity contribution in [2.45, 2.75) is 12.8 Å². The Morgan fingerprint density at radius 3 is 2.93 bits per heavy atom. The summed E-state index contributed by atoms with van der Waals surface area (Å²) in [4.78, 5) is 30.7. The number of benzene rings is 1. The quantitative estimate of drug-likeness (QED) is 0.825. The molecule has 7 heteroatoms. The second-order valence-corrected chi connectivity index (χ2v) is 7.25. The molecule has 2 heterocycles. The standard InChI is InChI=1S/C20H23N3O3S/c1-27-14-19(24)23-11-5-6-15(13-23)20(25)22-17-8-2-3-9-18(17)26-16-7-4-10-21-12-16/h2-4,7-10,12,15H,5-6,11,13-14H2,1H3,(H,22,25). The number of amides is 2. The molecular formula is C20H23N3O3S. The van der Waals surface area contributed by atoms with Crippen molar-refractivity contribution in [1.82, 2.24) is 9.88 Å². The Kier molecular flexibility index (Phi) is 6.70. The third kappa shape index (κ3) is 5.23. The van der Waals surface area contributed by atoms with Crippen LogP contribution in [0.15, 0.2) is 48.8 Å². The van der Waals surface area contributed by atoms with Gasteiger partial charge in [0.2, 0.25) is 11.8 Å². The van der Waals surface area contributed by atoms with Crippen LogP contribution in [0.5, 0.6) is 11.5 Å². The molecule has 0 saturated carbocycles. The summed E-state index contributed by atoms with van der Waals surface area (Å²) in [5, 5.41) is 2.96. The van der Waals surface area contributed by atoms with E-state index in [1.54, 1.807) is 29.4 Å². The minimum atomic E-state index is -0.212. The first-order valence-electron chi connectivity index (χ1n) is 8.92. The van der Waals surface area contributed by atoms with Crippen molar-refractivity contribution in [1.29, 1.82) is 0 Å². The number of piperidine rings is 1. The topological polar surface area (TPSA) is 71.5 Å². The zero-order valence-corrected chi connectivity index (χ0v) is 16.1. The summed E-state index contributed by atoms with van der Waals surface area (Å²) in [7, 11) is 0. The molecule has 3 rings (SSSR count). The number of para-hydroxylation sites is 2. The first-order valence-corrected chi connectivity index (χ1v) is 10.3. The lowest BCUT2D eigenvalue weighted by Crippen LogP contribution is -2.44. The maximum atomic E-state index is 12.8. The molecule has 0 bridgehead atoms. The van der Waals surface area contributed by atoms with Crippen LogP contribution >= 0.6 is 11.8 Å². The molecule has 1 fully saturated rings. The Morgan fingerprint density at radius 2 is 2.15 bits per heavy atom. The van der Waals surface area contributed by atoms with E-state index >= 15 is 0 Å². The lowest BCUT2D eigenvalue weighted by molar-refractivity contribution is -0.132. The van der Waals surface area contributed by atoms with E-state index in [0.29, 0.717) is 29.5 Å². The predicted molar refractivity (Wildman–Crippen MR) is 107 cm³/mol. The summed E-state index contributed by atoms with van der Waals surface area (Å²) in [5.41, 5.74) is 0.610. The van der Waals surface area contributed by atoms with Gasteiger partial charge in [0.15, 0.2) is 5.75 Å². The summed E-state index contributed by atoms with van der Waals surface area (Å²) < 4.78 is 5.84. The van der Waals surface area contributed by atoms with Gasteiger partial charge in [0.25, 0.3) is 0 Å². The van der Waals surface area contributed by atoms with Crippen molar-refractivity contribution in [3.05, 3.63) is 48.8 Å². The number of carbonyl (C=O) groups is 2. The summed E-state index contributed by atoms with van der Waals surface area (Å²) in [6.07, 6.45) is 6.82. The van der Waals surface area contributed by atoms with Crippen LogP contribution in [-0.2, 0) is 9.59 Å². The maximum absolute atomic E-state index is 12.8. The van der Waals surface area contributed by atoms with Crippen LogP contribution in [0, 0.1) is 5.92 Å². The summed E-state index contributed by atoms with van der Waals surface area (Å²) in [6.45, 7) is 1.20. The van der Waals surface area contributed by atoms with Gasteiger partial charge in [-0.2, -0.15) is 11.8 Å². The number of nitrogens with zero attached hydrogens (tertiary/aromatic N) is 2. The van der Waals surface area contributed by atoms with Gasteiger partial charge in [0, 0.05) is 19.3 Å². The minimum absolute atomic E-state index is 0.0844. The van der Waals surface area contributed by atoms with Gasteiger partial charge in [0.1, 0.15) is 5.75 Å². The number of ether oxygens (including phenoxy) is 1. The molecular weight excluding hydrogens is 362 g/mol. The number of likely N-dealkylation sites (tertiary alicyclic amines) is 1. The number of pyridine rings is 1. The van der Waals surface area contributed by atoms with E-state index in [1.165, 1.54) is 11.8 Å². The Hall–Kier alpha value is -2.54. The summed E-state index contributed by atoms with van der Waals surface area (Å²) in [5.74, 6) is 1.42. The predicted octanol–water partition coefficient (Wildman–Crippen LogP) is 3.41. The van der Waals surface area contributed by atoms with E-state index in [4.69, 9.17) is 4.74 Å². The number of thioether (sulfide) groups is 1. The molecule has 1 aromatic heterocycles. The van der Waals surface area contributed by atoms with Gasteiger partial charge in [-0.05, 0) is 43.4 Å². The molecule has 1 atom stereocenters. The monoisotopic (exact) mass is 385 g/mol. The summed E-state index contributed by atoms with van der Waals surface area (Å²) in [6, 6.07) is 10.9. The van der Waals surface area contributed by atoms with Gasteiger partial charge < -0.3 is 15.0 Å². The molecule has 0 aliphatic carbocycles. The average Bonchev–Trinajstić information content (AvgIpc) is 2.70. The molecule has 1 aliphatic heterocycles. The molecule has 1 N–H and O–H groups in total. The summed E-state index contributed by atoms with van der Waals surface area (Å²) >= 11 is 1.51. The van der Waals surface area contributed by atoms with E-state index in [-0.39, 0.29) is 17.7 Å². The second kappa shape index (κ2) is 9.41. The van der Waals surface area contributed by atoms with Gasteiger partial charge >= 0.3 is 0 Å². The Balaban J connectivity index is 1.66. The van der Waals surface area contributed by atoms with Crippen LogP contribution in [0.4, 0.5) is 5.69 Å². The SMILES string of the molecule is CSCC(=O)N1CCCC(C(=O)Nc2ccccc2Oc2cccnc2)C1. The molecule has 6 nitrogen and oxygen atoms in total. The first-order chi connectivity index (χ1) is 13.2. The largest absolute Gasteiger partial charge is 0.454 e. The van der Waals surface area contributed by atoms with Crippen molar-refractivity contribution in [2.75, 3.05) is 30.4 Å². The van der Waals surface area contributed by atoms with Crippen molar-refractivity contribution < 1.29 is 14.3 Å². The van der Waals surface area contributed by atoms with E-state index in [2.05, 4.69) is 10.3 Å². The number of hydrogen-bond acceptors (Lipinski definition) is 5. The Morgan fingerprint density at radius 1 is 1.30 bits per heavy atom. The third-order valence-corrected chi connectivity index (χ3v) is 4.96. The molecule has 27 heavy (non-hydrogen) atoms. The van der Waals surface area contributed by atoms with Gasteiger partial charge in [-0.3, -0.25) is 14.6 Å². The van der Waals surface area contributed by atoms with Crippen molar-refractivity contribution in [3.8, 4) is 11.5 Å². The Labute approximate surface area is 163 Å². The number of rotatable bonds is 6. The molecule has 1 aromatic carbocycles. The molecule has 142 valence electrons. The van der Waals surface area contributed by atoms with Crippen molar-refractivity contribution in [2.24, 2.45) is 5.92 Å². The van der Waals surface area contributed by atoms with Gasteiger partial charge in [-0.25, -0.2) is 0 Å². The molecule has 1 saturated heterocycles. The molecule has 1 aliphatic rings. The zero-order chi connectivity index (χ0) is 19.1. The van der Waals surface area contributed by atoms with Gasteiger partial charge in [-0.1, -0.05) is 12.1 Å². The smallest absolute Gasteiger partial charge is 0.232 e. The highest BCUT2D eigenvalue weighted by molar-refractivity contribution is 7.99. The first kappa shape index (κ1) is 19.2. The lowest BCUT2D eigenvalue weighted by atomic mass is 9.97. The van der Waals surface area contributed by atoms with Crippen LogP contribution in [0.2, 0.25) is 0 Å². The lowest BCUT2D eigenvalue weighted by Gasteiger charge is -2.32. The van der Waals surface area contributed by atoms with Crippen molar-refractivity contribution >= 4 is 29.3 Å². The van der Waals surface area contributed by atoms with Crippen LogP contribution in [0.1, 0.15) is 12.8 Å². The van der Waals surface area contributed by atoms with E-state index in [9.17, 15) is 9.59 Å². The highest BCUT2D eigenvalue weighted by Gasteiger charge is 2.28. The molecule has 2 amide bonds. The Bertz CT molecular complexity index is 785. The van der Waals surface area contributed by atoms with E-state index < -0.39 is 0 Å². The van der Waals surface area contributed by atoms with Crippen molar-refractivity contribution in [3.63, 3.8) is 0 Å². The number of aromatic nitrogens is 1. The van der Waals surface area contributed by atoms with Crippen LogP contribution in [0.25, 0.3) is 0 Å². The van der Waals surface area contributed by atoms with Gasteiger partial charge in [0.05, 0.1) is 23.6 Å². The van der Waals surface area contributed by atoms with Crippen LogP contribution < -0.4 is 10.1 Å². The van der Waals surface area contributed by atoms with E-state index in [0.717, 1.165) is 19.4 Å². The van der Waals surface area contributed by atoms with Crippen LogP contribution in [0.3, 0.4) is 0 Å². The number of anilines is 1. The fourth-order valence-electron chi connectivity index (χ4n) is 3.06. The second-order valence-electron chi connectivity index (χ2n) is 6.39. The van der Waals surface area contributed by atoms with E-state index in [1.807, 2.05) is 30.5 Å². The molecule has 0 spiro atoms.